The van der Waals surface area contributed by atoms with E-state index in [1.165, 1.54) is 0 Å². The van der Waals surface area contributed by atoms with Crippen molar-refractivity contribution in [3.05, 3.63) is 28.8 Å². The van der Waals surface area contributed by atoms with Crippen LogP contribution in [0.4, 0.5) is 5.69 Å². The van der Waals surface area contributed by atoms with Gasteiger partial charge in [0.1, 0.15) is 6.04 Å². The Balaban J connectivity index is 2.54. The topological polar surface area (TPSA) is 41.1 Å². The molecule has 1 aromatic rings. The molecule has 0 spiro atoms. The van der Waals surface area contributed by atoms with Crippen LogP contribution >= 0.6 is 11.6 Å². The van der Waals surface area contributed by atoms with Gasteiger partial charge in [-0.25, -0.2) is 0 Å². The van der Waals surface area contributed by atoms with Gasteiger partial charge in [-0.2, -0.15) is 0 Å². The van der Waals surface area contributed by atoms with Crippen LogP contribution in [0.1, 0.15) is 32.8 Å². The molecule has 4 heteroatoms. The quantitative estimate of drug-likeness (QED) is 0.837. The molecule has 3 nitrogen and oxygen atoms in total. The largest absolute Gasteiger partial charge is 0.372 e. The summed E-state index contributed by atoms with van der Waals surface area (Å²) in [5, 5.41) is 6.74. The van der Waals surface area contributed by atoms with Gasteiger partial charge in [-0.3, -0.25) is 4.79 Å². The Morgan fingerprint density at radius 2 is 2.00 bits per heavy atom. The van der Waals surface area contributed by atoms with Gasteiger partial charge in [0.15, 0.2) is 0 Å². The lowest BCUT2D eigenvalue weighted by Crippen LogP contribution is -2.38. The third kappa shape index (κ3) is 5.11. The number of rotatable bonds is 6. The first-order valence-corrected chi connectivity index (χ1v) is 7.09. The Bertz CT molecular complexity index is 412. The molecule has 1 unspecified atom stereocenters. The van der Waals surface area contributed by atoms with Gasteiger partial charge in [-0.1, -0.05) is 37.6 Å². The van der Waals surface area contributed by atoms with E-state index in [2.05, 4.69) is 24.5 Å². The Labute approximate surface area is 120 Å². The summed E-state index contributed by atoms with van der Waals surface area (Å²) in [7, 11) is 0. The fourth-order valence-electron chi connectivity index (χ4n) is 1.73. The molecule has 1 amide bonds. The zero-order valence-electron chi connectivity index (χ0n) is 12.1. The molecule has 0 heterocycles. The van der Waals surface area contributed by atoms with Crippen LogP contribution in [0.2, 0.25) is 5.02 Å². The zero-order chi connectivity index (χ0) is 14.4. The Kier molecular flexibility index (Phi) is 6.16. The molecule has 1 rings (SSSR count). The van der Waals surface area contributed by atoms with Gasteiger partial charge in [-0.05, 0) is 37.8 Å². The van der Waals surface area contributed by atoms with Gasteiger partial charge in [0.05, 0.1) is 10.7 Å². The number of amides is 1. The number of para-hydroxylation sites is 1. The third-order valence-electron chi connectivity index (χ3n) is 3.00. The summed E-state index contributed by atoms with van der Waals surface area (Å²) in [4.78, 5) is 11.9. The van der Waals surface area contributed by atoms with Crippen LogP contribution in [0.5, 0.6) is 0 Å². The van der Waals surface area contributed by atoms with Crippen molar-refractivity contribution in [1.29, 1.82) is 0 Å². The first kappa shape index (κ1) is 15.8. The van der Waals surface area contributed by atoms with E-state index in [0.717, 1.165) is 17.7 Å². The molecule has 0 aromatic heterocycles. The molecular formula is C15H23ClN2O. The summed E-state index contributed by atoms with van der Waals surface area (Å²) in [6, 6.07) is 5.39. The maximum Gasteiger partial charge on any atom is 0.242 e. The highest BCUT2D eigenvalue weighted by atomic mass is 35.5. The zero-order valence-corrected chi connectivity index (χ0v) is 12.8. The minimum atomic E-state index is -0.300. The Morgan fingerprint density at radius 3 is 2.58 bits per heavy atom. The number of nitrogens with one attached hydrogen (secondary N) is 2. The number of carbonyl (C=O) groups is 1. The second-order valence-corrected chi connectivity index (χ2v) is 5.68. The van der Waals surface area contributed by atoms with Crippen LogP contribution in [0, 0.1) is 12.8 Å². The molecule has 106 valence electrons. The lowest BCUT2D eigenvalue weighted by molar-refractivity contribution is -0.121. The highest BCUT2D eigenvalue weighted by Gasteiger charge is 2.14. The monoisotopic (exact) mass is 282 g/mol. The predicted octanol–water partition coefficient (Wildman–Crippen LogP) is 3.61. The van der Waals surface area contributed by atoms with Gasteiger partial charge < -0.3 is 10.6 Å². The van der Waals surface area contributed by atoms with Crippen molar-refractivity contribution >= 4 is 23.2 Å². The predicted molar refractivity (Wildman–Crippen MR) is 81.7 cm³/mol. The first-order valence-electron chi connectivity index (χ1n) is 6.71. The molecule has 0 bridgehead atoms. The molecule has 2 N–H and O–H groups in total. The van der Waals surface area contributed by atoms with E-state index in [9.17, 15) is 4.79 Å². The van der Waals surface area contributed by atoms with Crippen LogP contribution < -0.4 is 10.6 Å². The summed E-state index contributed by atoms with van der Waals surface area (Å²) in [6.07, 6.45) is 0.990. The van der Waals surface area contributed by atoms with Crippen LogP contribution in [0.3, 0.4) is 0 Å². The van der Waals surface area contributed by atoms with Crippen molar-refractivity contribution < 1.29 is 4.79 Å². The van der Waals surface area contributed by atoms with Crippen molar-refractivity contribution in [1.82, 2.24) is 5.32 Å². The number of hydrogen-bond donors (Lipinski definition) is 2. The number of hydrogen-bond acceptors (Lipinski definition) is 2. The van der Waals surface area contributed by atoms with Gasteiger partial charge in [0, 0.05) is 6.54 Å². The Morgan fingerprint density at radius 1 is 1.32 bits per heavy atom. The number of carbonyl (C=O) groups excluding carboxylic acids is 1. The average Bonchev–Trinajstić information content (AvgIpc) is 2.33. The van der Waals surface area contributed by atoms with Gasteiger partial charge in [-0.15, -0.1) is 0 Å². The molecule has 19 heavy (non-hydrogen) atoms. The van der Waals surface area contributed by atoms with Crippen LogP contribution in [0.25, 0.3) is 0 Å². The fourth-order valence-corrected chi connectivity index (χ4v) is 2.01. The Hall–Kier alpha value is -1.22. The molecular weight excluding hydrogens is 260 g/mol. The SMILES string of the molecule is Cc1cccc(Cl)c1NC(C)C(=O)NCCC(C)C. The summed E-state index contributed by atoms with van der Waals surface area (Å²) in [5.41, 5.74) is 1.87. The molecule has 0 radical (unpaired) electrons. The smallest absolute Gasteiger partial charge is 0.242 e. The van der Waals surface area contributed by atoms with E-state index < -0.39 is 0 Å². The maximum atomic E-state index is 11.9. The van der Waals surface area contributed by atoms with Crippen LogP contribution in [-0.4, -0.2) is 18.5 Å². The number of anilines is 1. The van der Waals surface area contributed by atoms with Crippen molar-refractivity contribution in [3.8, 4) is 0 Å². The number of benzene rings is 1. The molecule has 0 aliphatic heterocycles. The summed E-state index contributed by atoms with van der Waals surface area (Å²) in [6.45, 7) is 8.80. The van der Waals surface area contributed by atoms with E-state index in [4.69, 9.17) is 11.6 Å². The molecule has 1 aromatic carbocycles. The van der Waals surface area contributed by atoms with E-state index in [-0.39, 0.29) is 11.9 Å². The second kappa shape index (κ2) is 7.39. The number of aryl methyl sites for hydroxylation is 1. The molecule has 0 fully saturated rings. The maximum absolute atomic E-state index is 11.9. The van der Waals surface area contributed by atoms with Crippen molar-refractivity contribution in [2.24, 2.45) is 5.92 Å². The minimum Gasteiger partial charge on any atom is -0.372 e. The standard InChI is InChI=1S/C15H23ClN2O/c1-10(2)8-9-17-15(19)12(4)18-14-11(3)6-5-7-13(14)16/h5-7,10,12,18H,8-9H2,1-4H3,(H,17,19). The van der Waals surface area contributed by atoms with Crippen LogP contribution in [-0.2, 0) is 4.79 Å². The highest BCUT2D eigenvalue weighted by molar-refractivity contribution is 6.33. The summed E-state index contributed by atoms with van der Waals surface area (Å²) in [5.74, 6) is 0.592. The molecule has 0 saturated carbocycles. The lowest BCUT2D eigenvalue weighted by atomic mass is 10.1. The lowest BCUT2D eigenvalue weighted by Gasteiger charge is -2.18. The van der Waals surface area contributed by atoms with E-state index in [1.807, 2.05) is 32.0 Å². The average molecular weight is 283 g/mol. The molecule has 0 aliphatic carbocycles. The first-order chi connectivity index (χ1) is 8.91. The normalized spacial score (nSPS) is 12.3. The van der Waals surface area contributed by atoms with E-state index in [1.54, 1.807) is 0 Å². The fraction of sp³-hybridized carbons (Fsp3) is 0.533. The van der Waals surface area contributed by atoms with Crippen molar-refractivity contribution in [3.63, 3.8) is 0 Å². The summed E-state index contributed by atoms with van der Waals surface area (Å²) < 4.78 is 0. The van der Waals surface area contributed by atoms with Gasteiger partial charge >= 0.3 is 0 Å². The second-order valence-electron chi connectivity index (χ2n) is 5.27. The van der Waals surface area contributed by atoms with Crippen molar-refractivity contribution in [2.45, 2.75) is 40.2 Å². The van der Waals surface area contributed by atoms with Gasteiger partial charge in [0.2, 0.25) is 5.91 Å². The van der Waals surface area contributed by atoms with E-state index in [0.29, 0.717) is 17.5 Å². The minimum absolute atomic E-state index is 0.0000280. The molecule has 0 aliphatic rings. The molecule has 0 saturated heterocycles. The van der Waals surface area contributed by atoms with Gasteiger partial charge in [0.25, 0.3) is 0 Å². The summed E-state index contributed by atoms with van der Waals surface area (Å²) >= 11 is 6.13. The van der Waals surface area contributed by atoms with E-state index >= 15 is 0 Å². The van der Waals surface area contributed by atoms with Crippen LogP contribution in [0.15, 0.2) is 18.2 Å². The third-order valence-corrected chi connectivity index (χ3v) is 3.31. The molecule has 1 atom stereocenters. The highest BCUT2D eigenvalue weighted by Crippen LogP contribution is 2.25. The van der Waals surface area contributed by atoms with Crippen molar-refractivity contribution in [2.75, 3.05) is 11.9 Å². The number of halogens is 1.